The fourth-order valence-corrected chi connectivity index (χ4v) is 7.19. The number of carboxylic acid groups (broad SMARTS) is 2. The molecule has 1 heterocycles. The van der Waals surface area contributed by atoms with Crippen LogP contribution in [0.4, 0.5) is 0 Å². The van der Waals surface area contributed by atoms with Gasteiger partial charge in [-0.1, -0.05) is 12.1 Å². The van der Waals surface area contributed by atoms with Crippen LogP contribution in [-0.4, -0.2) is 165 Å². The smallest absolute Gasteiger partial charge is 0.326 e. The number of nitrogens with two attached hydrogens (primary N) is 6. The van der Waals surface area contributed by atoms with Crippen LogP contribution < -0.4 is 66.3 Å². The Bertz CT molecular complexity index is 2090. The quantitative estimate of drug-likeness (QED) is 0.0148. The van der Waals surface area contributed by atoms with Crippen molar-refractivity contribution in [2.24, 2.45) is 44.4 Å². The molecule has 1 fully saturated rings. The van der Waals surface area contributed by atoms with Gasteiger partial charge in [0.05, 0.1) is 12.5 Å². The van der Waals surface area contributed by atoms with Crippen molar-refractivity contribution < 1.29 is 63.3 Å². The van der Waals surface area contributed by atoms with Crippen molar-refractivity contribution in [3.63, 3.8) is 0 Å². The normalized spacial score (nSPS) is 16.0. The van der Waals surface area contributed by atoms with Gasteiger partial charge in [0, 0.05) is 38.2 Å². The second kappa shape index (κ2) is 29.5. The Morgan fingerprint density at radius 1 is 0.700 bits per heavy atom. The van der Waals surface area contributed by atoms with Crippen LogP contribution in [0.1, 0.15) is 70.3 Å². The Labute approximate surface area is 407 Å². The average molecular weight is 1010 g/mol. The lowest BCUT2D eigenvalue weighted by Gasteiger charge is -2.30. The Hall–Kier alpha value is -7.43. The van der Waals surface area contributed by atoms with Gasteiger partial charge < -0.3 is 86.5 Å². The number of primary amides is 1. The molecule has 1 aliphatic heterocycles. The molecule has 0 spiro atoms. The van der Waals surface area contributed by atoms with Crippen molar-refractivity contribution in [3.8, 4) is 5.75 Å². The first-order chi connectivity index (χ1) is 32.9. The lowest BCUT2D eigenvalue weighted by molar-refractivity contribution is -0.142. The zero-order valence-corrected chi connectivity index (χ0v) is 39.4. The molecule has 0 bridgehead atoms. The SMILES string of the molecule is C[C@H](NC(=O)[C@H](CCCN=C(N)N)NC(=O)[C@@H](N)CC(=O)O)C(=O)N1CCC[C@H]1C(=O)N[C@@H](CCC(N)=O)C(=O)N[C@@H](CCCN=C(N)N)C(=O)N[C@@H](CS)C(=O)N[C@@H](Cc1ccc(O)cc1)C(=O)O. The zero-order chi connectivity index (χ0) is 52.7. The number of carboxylic acids is 2. The van der Waals surface area contributed by atoms with E-state index in [0.29, 0.717) is 12.0 Å². The van der Waals surface area contributed by atoms with Gasteiger partial charge in [-0.3, -0.25) is 53.1 Å². The average Bonchev–Trinajstić information content (AvgIpc) is 3.78. The molecule has 388 valence electrons. The molecule has 21 N–H and O–H groups in total. The number of amides is 8. The highest BCUT2D eigenvalue weighted by atomic mass is 32.1. The number of thiol groups is 1. The summed E-state index contributed by atoms with van der Waals surface area (Å²) in [6.45, 7) is 1.43. The van der Waals surface area contributed by atoms with Gasteiger partial charge in [0.1, 0.15) is 48.0 Å². The van der Waals surface area contributed by atoms with Crippen LogP contribution in [-0.2, 0) is 54.4 Å². The van der Waals surface area contributed by atoms with Crippen molar-refractivity contribution in [1.29, 1.82) is 0 Å². The van der Waals surface area contributed by atoms with Crippen LogP contribution in [0.2, 0.25) is 0 Å². The minimum Gasteiger partial charge on any atom is -0.508 e. The number of nitrogens with one attached hydrogen (secondary N) is 6. The van der Waals surface area contributed by atoms with E-state index < -0.39 is 120 Å². The molecule has 0 aromatic heterocycles. The number of carbonyl (C=O) groups excluding carboxylic acids is 8. The Morgan fingerprint density at radius 3 is 1.69 bits per heavy atom. The van der Waals surface area contributed by atoms with E-state index in [1.165, 1.54) is 36.1 Å². The van der Waals surface area contributed by atoms with E-state index >= 15 is 0 Å². The van der Waals surface area contributed by atoms with E-state index in [4.69, 9.17) is 39.5 Å². The minimum atomic E-state index is -1.53. The van der Waals surface area contributed by atoms with Gasteiger partial charge in [-0.05, 0) is 69.6 Å². The Balaban J connectivity index is 2.28. The first-order valence-corrected chi connectivity index (χ1v) is 22.7. The number of rotatable bonds is 30. The number of likely N-dealkylation sites (tertiary alicyclic amines) is 1. The lowest BCUT2D eigenvalue weighted by Crippen LogP contribution is -2.60. The van der Waals surface area contributed by atoms with Crippen molar-refractivity contribution in [2.45, 2.75) is 119 Å². The maximum atomic E-state index is 14.0. The molecule has 1 aromatic rings. The third-order valence-corrected chi connectivity index (χ3v) is 10.9. The summed E-state index contributed by atoms with van der Waals surface area (Å²) < 4.78 is 0. The van der Waals surface area contributed by atoms with Crippen molar-refractivity contribution in [2.75, 3.05) is 25.4 Å². The van der Waals surface area contributed by atoms with E-state index in [1.807, 2.05) is 0 Å². The molecule has 2 rings (SSSR count). The maximum Gasteiger partial charge on any atom is 0.326 e. The molecule has 70 heavy (non-hydrogen) atoms. The van der Waals surface area contributed by atoms with E-state index in [-0.39, 0.29) is 88.0 Å². The molecule has 28 nitrogen and oxygen atoms in total. The predicted molar refractivity (Wildman–Crippen MR) is 254 cm³/mol. The number of aromatic hydroxyl groups is 1. The summed E-state index contributed by atoms with van der Waals surface area (Å²) in [5.74, 6) is -10.7. The van der Waals surface area contributed by atoms with Gasteiger partial charge in [0.2, 0.25) is 47.3 Å². The number of phenols is 1. The van der Waals surface area contributed by atoms with Crippen LogP contribution >= 0.6 is 12.6 Å². The second-order valence-electron chi connectivity index (χ2n) is 16.2. The number of nitrogens with zero attached hydrogens (tertiary/aromatic N) is 3. The van der Waals surface area contributed by atoms with Gasteiger partial charge >= 0.3 is 11.9 Å². The number of guanidine groups is 2. The third kappa shape index (κ3) is 20.8. The van der Waals surface area contributed by atoms with Crippen molar-refractivity contribution in [1.82, 2.24) is 36.8 Å². The summed E-state index contributed by atoms with van der Waals surface area (Å²) in [6, 6.07) is -5.57. The van der Waals surface area contributed by atoms with E-state index in [0.717, 1.165) is 0 Å². The number of carbonyl (C=O) groups is 10. The summed E-state index contributed by atoms with van der Waals surface area (Å²) in [6.07, 6.45) is -1.22. The van der Waals surface area contributed by atoms with Gasteiger partial charge in [0.25, 0.3) is 0 Å². The monoisotopic (exact) mass is 1010 g/mol. The summed E-state index contributed by atoms with van der Waals surface area (Å²) in [4.78, 5) is 139. The summed E-state index contributed by atoms with van der Waals surface area (Å²) >= 11 is 4.16. The molecule has 0 unspecified atom stereocenters. The zero-order valence-electron chi connectivity index (χ0n) is 38.5. The molecule has 29 heteroatoms. The highest BCUT2D eigenvalue weighted by molar-refractivity contribution is 7.80. The topological polar surface area (TPSA) is 488 Å². The Morgan fingerprint density at radius 2 is 1.19 bits per heavy atom. The third-order valence-electron chi connectivity index (χ3n) is 10.6. The minimum absolute atomic E-state index is 0.00203. The molecular weight excluding hydrogens is 943 g/mol. The molecule has 8 amide bonds. The molecular formula is C41H65N15O13S. The lowest BCUT2D eigenvalue weighted by atomic mass is 10.0. The largest absolute Gasteiger partial charge is 0.508 e. The highest BCUT2D eigenvalue weighted by Gasteiger charge is 2.39. The molecule has 8 atom stereocenters. The number of phenolic OH excluding ortho intramolecular Hbond substituents is 1. The standard InChI is InChI=1S/C41H65N15O13S/c1-20(50-33(62)24(5-2-14-48-40(44)45)51-32(61)23(42)18-31(59)60)38(67)56-16-4-7-29(56)37(66)53-26(12-13-30(43)58)35(64)52-25(6-3-15-49-41(46)47)34(63)55-28(19-70)36(65)54-27(39(68)69)17-21-8-10-22(57)11-9-21/h8-11,20,23-29,57,70H,2-7,12-19,42H2,1H3,(H2,43,58)(H,50,62)(H,51,61)(H,52,64)(H,53,66)(H,54,65)(H,55,63)(H,59,60)(H,68,69)(H4,44,45,48)(H4,46,47,49)/t20-,23-,24-,25-,26-,27-,28-,29-/m0/s1. The molecule has 0 saturated carbocycles. The number of hydrogen-bond donors (Lipinski definition) is 16. The van der Waals surface area contributed by atoms with Crippen LogP contribution in [0.15, 0.2) is 34.3 Å². The van der Waals surface area contributed by atoms with Crippen molar-refractivity contribution in [3.05, 3.63) is 29.8 Å². The van der Waals surface area contributed by atoms with E-state index in [9.17, 15) is 58.2 Å². The summed E-state index contributed by atoms with van der Waals surface area (Å²) in [7, 11) is 0. The molecule has 1 saturated heterocycles. The molecule has 1 aromatic carbocycles. The maximum absolute atomic E-state index is 14.0. The summed E-state index contributed by atoms with van der Waals surface area (Å²) in [5, 5.41) is 43.2. The first-order valence-electron chi connectivity index (χ1n) is 22.0. The van der Waals surface area contributed by atoms with Crippen LogP contribution in [0.5, 0.6) is 5.75 Å². The van der Waals surface area contributed by atoms with Crippen LogP contribution in [0.3, 0.4) is 0 Å². The first kappa shape index (κ1) is 58.7. The fraction of sp³-hybridized carbons (Fsp3) is 0.561. The van der Waals surface area contributed by atoms with Gasteiger partial charge in [-0.15, -0.1) is 0 Å². The van der Waals surface area contributed by atoms with Crippen molar-refractivity contribution >= 4 is 83.7 Å². The summed E-state index contributed by atoms with van der Waals surface area (Å²) in [5.41, 5.74) is 33.1. The van der Waals surface area contributed by atoms with E-state index in [2.05, 4.69) is 54.5 Å². The van der Waals surface area contributed by atoms with Gasteiger partial charge in [-0.2, -0.15) is 12.6 Å². The number of benzene rings is 1. The molecule has 1 aliphatic rings. The highest BCUT2D eigenvalue weighted by Crippen LogP contribution is 2.20. The van der Waals surface area contributed by atoms with Gasteiger partial charge in [0.15, 0.2) is 11.9 Å². The number of aliphatic carboxylic acids is 2. The van der Waals surface area contributed by atoms with Gasteiger partial charge in [-0.25, -0.2) is 4.79 Å². The number of aliphatic imine (C=N–C) groups is 2. The predicted octanol–water partition coefficient (Wildman–Crippen LogP) is -5.96. The van der Waals surface area contributed by atoms with E-state index in [1.54, 1.807) is 0 Å². The molecule has 0 radical (unpaired) electrons. The number of hydrogen-bond acceptors (Lipinski definition) is 15. The Kier molecular flexibility index (Phi) is 24.7. The molecule has 0 aliphatic carbocycles. The second-order valence-corrected chi connectivity index (χ2v) is 16.6. The van der Waals surface area contributed by atoms with Crippen LogP contribution in [0.25, 0.3) is 0 Å². The fourth-order valence-electron chi connectivity index (χ4n) is 6.93. The van der Waals surface area contributed by atoms with Crippen LogP contribution in [0, 0.1) is 0 Å².